The van der Waals surface area contributed by atoms with Gasteiger partial charge in [-0.2, -0.15) is 0 Å². The Bertz CT molecular complexity index is 1230. The molecule has 0 aliphatic carbocycles. The maximum absolute atomic E-state index is 13.2. The summed E-state index contributed by atoms with van der Waals surface area (Å²) in [6, 6.07) is 14.3. The molecule has 8 heteroatoms. The summed E-state index contributed by atoms with van der Waals surface area (Å²) in [5.74, 6) is 0.0936. The Labute approximate surface area is 157 Å². The third-order valence-corrected chi connectivity index (χ3v) is 4.98. The Kier molecular flexibility index (Phi) is 4.33. The smallest absolute Gasteiger partial charge is 0.302 e. The van der Waals surface area contributed by atoms with Crippen LogP contribution in [0.25, 0.3) is 27.8 Å². The van der Waals surface area contributed by atoms with Gasteiger partial charge in [0.15, 0.2) is 5.16 Å². The van der Waals surface area contributed by atoms with Crippen molar-refractivity contribution in [2.24, 2.45) is 5.73 Å². The number of aromatic nitrogens is 2. The minimum absolute atomic E-state index is 0.00228. The van der Waals surface area contributed by atoms with Crippen LogP contribution in [0.5, 0.6) is 5.75 Å². The first-order valence-corrected chi connectivity index (χ1v) is 9.07. The zero-order chi connectivity index (χ0) is 19.0. The molecule has 2 aromatic carbocycles. The van der Waals surface area contributed by atoms with Gasteiger partial charge in [-0.1, -0.05) is 30.0 Å². The molecule has 0 fully saturated rings. The number of hydrogen-bond donors (Lipinski definition) is 1. The highest BCUT2D eigenvalue weighted by molar-refractivity contribution is 7.99. The van der Waals surface area contributed by atoms with Crippen molar-refractivity contribution in [2.75, 3.05) is 12.9 Å². The second-order valence-corrected chi connectivity index (χ2v) is 6.71. The van der Waals surface area contributed by atoms with Crippen molar-refractivity contribution in [2.45, 2.75) is 5.16 Å². The molecule has 7 nitrogen and oxygen atoms in total. The molecule has 2 N–H and O–H groups in total. The van der Waals surface area contributed by atoms with E-state index in [4.69, 9.17) is 14.9 Å². The first-order chi connectivity index (χ1) is 13.1. The second kappa shape index (κ2) is 6.81. The van der Waals surface area contributed by atoms with Gasteiger partial charge in [0.1, 0.15) is 16.8 Å². The third-order valence-electron chi connectivity index (χ3n) is 4.02. The summed E-state index contributed by atoms with van der Waals surface area (Å²) in [4.78, 5) is 29.1. The highest BCUT2D eigenvalue weighted by Crippen LogP contribution is 2.29. The van der Waals surface area contributed by atoms with Crippen molar-refractivity contribution in [3.8, 4) is 11.4 Å². The summed E-state index contributed by atoms with van der Waals surface area (Å²) < 4.78 is 12.4. The number of carbonyl (C=O) groups is 1. The zero-order valence-corrected chi connectivity index (χ0v) is 15.2. The first kappa shape index (κ1) is 17.2. The van der Waals surface area contributed by atoms with E-state index in [1.165, 1.54) is 4.57 Å². The molecule has 0 saturated heterocycles. The number of fused-ring (bicyclic) bond motifs is 3. The van der Waals surface area contributed by atoms with E-state index in [-0.39, 0.29) is 16.9 Å². The zero-order valence-electron chi connectivity index (χ0n) is 14.3. The Hall–Kier alpha value is -3.26. The molecule has 4 aromatic rings. The van der Waals surface area contributed by atoms with Crippen molar-refractivity contribution in [3.05, 3.63) is 58.9 Å². The molecule has 4 rings (SSSR count). The van der Waals surface area contributed by atoms with Gasteiger partial charge < -0.3 is 14.9 Å². The maximum Gasteiger partial charge on any atom is 0.302 e. The second-order valence-electron chi connectivity index (χ2n) is 5.77. The fourth-order valence-corrected chi connectivity index (χ4v) is 3.58. The van der Waals surface area contributed by atoms with Gasteiger partial charge in [-0.15, -0.1) is 0 Å². The van der Waals surface area contributed by atoms with Crippen molar-refractivity contribution >= 4 is 39.7 Å². The molecule has 0 spiro atoms. The Morgan fingerprint density at radius 2 is 2.07 bits per heavy atom. The van der Waals surface area contributed by atoms with E-state index >= 15 is 0 Å². The van der Waals surface area contributed by atoms with Gasteiger partial charge in [-0.05, 0) is 24.3 Å². The van der Waals surface area contributed by atoms with Crippen molar-refractivity contribution in [1.82, 2.24) is 9.55 Å². The number of methoxy groups -OCH3 is 1. The number of para-hydroxylation sites is 1. The van der Waals surface area contributed by atoms with Crippen molar-refractivity contribution < 1.29 is 13.9 Å². The van der Waals surface area contributed by atoms with E-state index in [2.05, 4.69) is 4.98 Å². The van der Waals surface area contributed by atoms with E-state index in [1.54, 1.807) is 37.4 Å². The number of nitrogens with two attached hydrogens (primary N) is 1. The van der Waals surface area contributed by atoms with Crippen LogP contribution in [-0.2, 0) is 4.79 Å². The van der Waals surface area contributed by atoms with Crippen LogP contribution < -0.4 is 16.0 Å². The lowest BCUT2D eigenvalue weighted by Crippen LogP contribution is -2.22. The number of hydrogen-bond acceptors (Lipinski definition) is 6. The van der Waals surface area contributed by atoms with Crippen LogP contribution in [0.3, 0.4) is 0 Å². The number of furan rings is 1. The molecule has 0 bridgehead atoms. The van der Waals surface area contributed by atoms with E-state index in [0.717, 1.165) is 17.1 Å². The highest BCUT2D eigenvalue weighted by Gasteiger charge is 2.19. The van der Waals surface area contributed by atoms with E-state index < -0.39 is 5.91 Å². The third kappa shape index (κ3) is 3.04. The quantitative estimate of drug-likeness (QED) is 0.421. The predicted molar refractivity (Wildman–Crippen MR) is 104 cm³/mol. The Morgan fingerprint density at radius 3 is 2.85 bits per heavy atom. The minimum Gasteiger partial charge on any atom is -0.497 e. The number of rotatable bonds is 5. The van der Waals surface area contributed by atoms with Crippen molar-refractivity contribution in [1.29, 1.82) is 0 Å². The summed E-state index contributed by atoms with van der Waals surface area (Å²) in [7, 11) is 1.55. The van der Waals surface area contributed by atoms with Crippen LogP contribution in [0.1, 0.15) is 0 Å². The number of amides is 1. The Balaban J connectivity index is 2.03. The summed E-state index contributed by atoms with van der Waals surface area (Å²) in [6.07, 6.45) is 0. The van der Waals surface area contributed by atoms with Crippen LogP contribution in [0.2, 0.25) is 0 Å². The van der Waals surface area contributed by atoms with Crippen molar-refractivity contribution in [3.63, 3.8) is 0 Å². The van der Waals surface area contributed by atoms with Gasteiger partial charge in [0.25, 0.3) is 0 Å². The number of benzene rings is 2. The molecule has 2 heterocycles. The van der Waals surface area contributed by atoms with Gasteiger partial charge in [0.2, 0.25) is 11.5 Å². The average molecular weight is 381 g/mol. The van der Waals surface area contributed by atoms with Gasteiger partial charge >= 0.3 is 5.56 Å². The summed E-state index contributed by atoms with van der Waals surface area (Å²) in [5, 5.41) is 1.09. The number of thioether (sulfide) groups is 1. The molecule has 2 aromatic heterocycles. The standard InChI is InChI=1S/C19H15N3O4S/c1-25-12-6-4-5-11(9-12)22-18(24)17-16(21-19(22)27-10-15(20)23)13-7-2-3-8-14(13)26-17/h2-9H,10H2,1H3,(H2,20,23). The van der Waals surface area contributed by atoms with Crippen LogP contribution in [0, 0.1) is 0 Å². The predicted octanol–water partition coefficient (Wildman–Crippen LogP) is 2.72. The minimum atomic E-state index is -0.497. The molecule has 0 saturated carbocycles. The molecule has 0 aliphatic rings. The van der Waals surface area contributed by atoms with Crippen LogP contribution in [-0.4, -0.2) is 28.3 Å². The van der Waals surface area contributed by atoms with Gasteiger partial charge in [-0.3, -0.25) is 14.2 Å². The fraction of sp³-hybridized carbons (Fsp3) is 0.105. The monoisotopic (exact) mass is 381 g/mol. The lowest BCUT2D eigenvalue weighted by Gasteiger charge is -2.12. The van der Waals surface area contributed by atoms with E-state index in [9.17, 15) is 9.59 Å². The summed E-state index contributed by atoms with van der Waals surface area (Å²) in [5.41, 5.74) is 6.66. The van der Waals surface area contributed by atoms with Gasteiger partial charge in [-0.25, -0.2) is 4.98 Å². The SMILES string of the molecule is COc1cccc(-n2c(SCC(N)=O)nc3c(oc4ccccc43)c2=O)c1. The highest BCUT2D eigenvalue weighted by atomic mass is 32.2. The largest absolute Gasteiger partial charge is 0.497 e. The lowest BCUT2D eigenvalue weighted by molar-refractivity contribution is -0.115. The summed E-state index contributed by atoms with van der Waals surface area (Å²) >= 11 is 1.10. The van der Waals surface area contributed by atoms with Crippen LogP contribution in [0.4, 0.5) is 0 Å². The van der Waals surface area contributed by atoms with E-state index in [0.29, 0.717) is 27.7 Å². The molecule has 27 heavy (non-hydrogen) atoms. The first-order valence-electron chi connectivity index (χ1n) is 8.08. The molecular formula is C19H15N3O4S. The molecule has 0 atom stereocenters. The molecular weight excluding hydrogens is 366 g/mol. The molecule has 136 valence electrons. The molecule has 0 aliphatic heterocycles. The molecule has 0 radical (unpaired) electrons. The summed E-state index contributed by atoms with van der Waals surface area (Å²) in [6.45, 7) is 0. The van der Waals surface area contributed by atoms with Crippen LogP contribution in [0.15, 0.2) is 62.9 Å². The topological polar surface area (TPSA) is 100 Å². The Morgan fingerprint density at radius 1 is 1.26 bits per heavy atom. The van der Waals surface area contributed by atoms with E-state index in [1.807, 2.05) is 18.2 Å². The lowest BCUT2D eigenvalue weighted by atomic mass is 10.2. The number of carbonyl (C=O) groups excluding carboxylic acids is 1. The van der Waals surface area contributed by atoms with Gasteiger partial charge in [0, 0.05) is 11.5 Å². The maximum atomic E-state index is 13.2. The number of nitrogens with zero attached hydrogens (tertiary/aromatic N) is 2. The number of primary amides is 1. The fourth-order valence-electron chi connectivity index (χ4n) is 2.83. The van der Waals surface area contributed by atoms with Gasteiger partial charge in [0.05, 0.1) is 18.6 Å². The average Bonchev–Trinajstić information content (AvgIpc) is 3.05. The number of ether oxygens (including phenoxy) is 1. The van der Waals surface area contributed by atoms with Crippen LogP contribution >= 0.6 is 11.8 Å². The normalized spacial score (nSPS) is 11.1. The molecule has 0 unspecified atom stereocenters. The molecule has 1 amide bonds.